The molecule has 1 amide bonds. The Bertz CT molecular complexity index is 349. The Kier molecular flexibility index (Phi) is 10.1. The van der Waals surface area contributed by atoms with Crippen LogP contribution in [-0.4, -0.2) is 73.9 Å². The maximum absolute atomic E-state index is 12.1. The second-order valence-electron chi connectivity index (χ2n) is 5.84. The summed E-state index contributed by atoms with van der Waals surface area (Å²) in [4.78, 5) is 16.1. The van der Waals surface area contributed by atoms with Gasteiger partial charge in [0.05, 0.1) is 5.92 Å². The molecule has 0 aliphatic carbocycles. The van der Waals surface area contributed by atoms with Gasteiger partial charge < -0.3 is 15.4 Å². The highest BCUT2D eigenvalue weighted by atomic mass is 35.5. The minimum absolute atomic E-state index is 0. The van der Waals surface area contributed by atoms with Gasteiger partial charge in [0.25, 0.3) is 0 Å². The van der Waals surface area contributed by atoms with Crippen LogP contribution in [0.3, 0.4) is 0 Å². The minimum Gasteiger partial charge on any atom is -0.372 e. The van der Waals surface area contributed by atoms with Gasteiger partial charge in [-0.2, -0.15) is 13.2 Å². The summed E-state index contributed by atoms with van der Waals surface area (Å²) in [5.41, 5.74) is 5.74. The smallest absolute Gasteiger partial charge is 0.372 e. The molecule has 2 atom stereocenters. The van der Waals surface area contributed by atoms with Gasteiger partial charge in [-0.1, -0.05) is 6.92 Å². The molecule has 2 unspecified atom stereocenters. The standard InChI is InChI=1S/C14H26F3N3O2.ClH/c1-11(12(2)18)13(21)20-7-5-19(6-8-20)4-3-9-22-10-14(15,16)17;/h11-12H,3-10,18H2,1-2H3;1H. The number of piperazine rings is 1. The first-order valence-corrected chi connectivity index (χ1v) is 7.62. The van der Waals surface area contributed by atoms with E-state index >= 15 is 0 Å². The number of carbonyl (C=O) groups is 1. The van der Waals surface area contributed by atoms with Gasteiger partial charge in [0.1, 0.15) is 6.61 Å². The molecular formula is C14H27ClF3N3O2. The van der Waals surface area contributed by atoms with E-state index in [1.54, 1.807) is 0 Å². The van der Waals surface area contributed by atoms with Crippen LogP contribution in [0.2, 0.25) is 0 Å². The fourth-order valence-electron chi connectivity index (χ4n) is 2.28. The Morgan fingerprint density at radius 3 is 2.26 bits per heavy atom. The van der Waals surface area contributed by atoms with Crippen molar-refractivity contribution in [2.75, 3.05) is 45.9 Å². The number of nitrogens with zero attached hydrogens (tertiary/aromatic N) is 2. The van der Waals surface area contributed by atoms with Crippen LogP contribution >= 0.6 is 12.4 Å². The molecule has 1 saturated heterocycles. The van der Waals surface area contributed by atoms with Crippen LogP contribution in [0.5, 0.6) is 0 Å². The van der Waals surface area contributed by atoms with E-state index in [0.29, 0.717) is 26.1 Å². The Balaban J connectivity index is 0.00000484. The van der Waals surface area contributed by atoms with Crippen LogP contribution in [0.4, 0.5) is 13.2 Å². The summed E-state index contributed by atoms with van der Waals surface area (Å²) in [7, 11) is 0. The number of carbonyl (C=O) groups excluding carboxylic acids is 1. The highest BCUT2D eigenvalue weighted by Gasteiger charge is 2.28. The molecule has 138 valence electrons. The predicted molar refractivity (Wildman–Crippen MR) is 84.6 cm³/mol. The average molecular weight is 362 g/mol. The summed E-state index contributed by atoms with van der Waals surface area (Å²) in [6.07, 6.45) is -3.71. The quantitative estimate of drug-likeness (QED) is 0.698. The van der Waals surface area contributed by atoms with Crippen molar-refractivity contribution in [1.82, 2.24) is 9.80 Å². The maximum atomic E-state index is 12.1. The number of ether oxygens (including phenoxy) is 1. The van der Waals surface area contributed by atoms with Gasteiger partial charge in [0.2, 0.25) is 5.91 Å². The normalized spacial score (nSPS) is 19.1. The third-order valence-electron chi connectivity index (χ3n) is 3.89. The van der Waals surface area contributed by atoms with Gasteiger partial charge in [0.15, 0.2) is 0 Å². The summed E-state index contributed by atoms with van der Waals surface area (Å²) in [6.45, 7) is 5.98. The van der Waals surface area contributed by atoms with Gasteiger partial charge in [-0.25, -0.2) is 0 Å². The zero-order valence-electron chi connectivity index (χ0n) is 13.6. The van der Waals surface area contributed by atoms with Crippen LogP contribution in [0.25, 0.3) is 0 Å². The third kappa shape index (κ3) is 8.74. The second kappa shape index (κ2) is 10.3. The molecule has 5 nitrogen and oxygen atoms in total. The molecule has 1 rings (SSSR count). The molecule has 0 saturated carbocycles. The van der Waals surface area contributed by atoms with Crippen molar-refractivity contribution in [3.63, 3.8) is 0 Å². The lowest BCUT2D eigenvalue weighted by molar-refractivity contribution is -0.174. The molecule has 1 aliphatic heterocycles. The fourth-order valence-corrected chi connectivity index (χ4v) is 2.28. The third-order valence-corrected chi connectivity index (χ3v) is 3.89. The van der Waals surface area contributed by atoms with E-state index in [0.717, 1.165) is 13.1 Å². The molecule has 2 N–H and O–H groups in total. The molecule has 0 radical (unpaired) electrons. The van der Waals surface area contributed by atoms with Gasteiger partial charge >= 0.3 is 6.18 Å². The fraction of sp³-hybridized carbons (Fsp3) is 0.929. The number of amides is 1. The van der Waals surface area contributed by atoms with Crippen molar-refractivity contribution in [2.24, 2.45) is 11.7 Å². The molecule has 0 aromatic carbocycles. The van der Waals surface area contributed by atoms with E-state index in [4.69, 9.17) is 5.73 Å². The Morgan fingerprint density at radius 2 is 1.78 bits per heavy atom. The number of halogens is 4. The largest absolute Gasteiger partial charge is 0.411 e. The summed E-state index contributed by atoms with van der Waals surface area (Å²) < 4.78 is 40.3. The molecule has 0 aromatic rings. The molecule has 1 heterocycles. The molecule has 9 heteroatoms. The first kappa shape index (κ1) is 22.4. The lowest BCUT2D eigenvalue weighted by atomic mass is 10.0. The molecular weight excluding hydrogens is 335 g/mol. The summed E-state index contributed by atoms with van der Waals surface area (Å²) in [6, 6.07) is -0.170. The van der Waals surface area contributed by atoms with Crippen molar-refractivity contribution in [3.8, 4) is 0 Å². The molecule has 0 aromatic heterocycles. The lowest BCUT2D eigenvalue weighted by Crippen LogP contribution is -2.52. The summed E-state index contributed by atoms with van der Waals surface area (Å²) in [5, 5.41) is 0. The highest BCUT2D eigenvalue weighted by Crippen LogP contribution is 2.14. The van der Waals surface area contributed by atoms with Crippen molar-refractivity contribution in [2.45, 2.75) is 32.5 Å². The van der Waals surface area contributed by atoms with Crippen molar-refractivity contribution in [3.05, 3.63) is 0 Å². The summed E-state index contributed by atoms with van der Waals surface area (Å²) in [5.74, 6) is -0.120. The first-order chi connectivity index (χ1) is 10.2. The van der Waals surface area contributed by atoms with Crippen molar-refractivity contribution < 1.29 is 22.7 Å². The Labute approximate surface area is 141 Å². The van der Waals surface area contributed by atoms with Crippen LogP contribution < -0.4 is 5.73 Å². The van der Waals surface area contributed by atoms with Gasteiger partial charge in [-0.3, -0.25) is 9.69 Å². The van der Waals surface area contributed by atoms with E-state index in [1.807, 2.05) is 18.7 Å². The van der Waals surface area contributed by atoms with Crippen molar-refractivity contribution >= 4 is 18.3 Å². The lowest BCUT2D eigenvalue weighted by Gasteiger charge is -2.36. The molecule has 1 aliphatic rings. The Hall–Kier alpha value is -0.570. The minimum atomic E-state index is -4.26. The molecule has 1 fully saturated rings. The number of alkyl halides is 3. The van der Waals surface area contributed by atoms with Crippen LogP contribution in [0.15, 0.2) is 0 Å². The maximum Gasteiger partial charge on any atom is 0.411 e. The van der Waals surface area contributed by atoms with Crippen LogP contribution in [0, 0.1) is 5.92 Å². The first-order valence-electron chi connectivity index (χ1n) is 7.62. The average Bonchev–Trinajstić information content (AvgIpc) is 2.44. The highest BCUT2D eigenvalue weighted by molar-refractivity contribution is 5.85. The topological polar surface area (TPSA) is 58.8 Å². The van der Waals surface area contributed by atoms with Crippen LogP contribution in [-0.2, 0) is 9.53 Å². The van der Waals surface area contributed by atoms with Gasteiger partial charge in [0, 0.05) is 45.4 Å². The second-order valence-corrected chi connectivity index (χ2v) is 5.84. The number of hydrogen-bond acceptors (Lipinski definition) is 4. The summed E-state index contributed by atoms with van der Waals surface area (Å²) >= 11 is 0. The van der Waals surface area contributed by atoms with E-state index in [9.17, 15) is 18.0 Å². The van der Waals surface area contributed by atoms with E-state index < -0.39 is 12.8 Å². The number of nitrogens with two attached hydrogens (primary N) is 1. The number of rotatable bonds is 7. The van der Waals surface area contributed by atoms with Crippen LogP contribution in [0.1, 0.15) is 20.3 Å². The monoisotopic (exact) mass is 361 g/mol. The van der Waals surface area contributed by atoms with Gasteiger partial charge in [-0.15, -0.1) is 12.4 Å². The van der Waals surface area contributed by atoms with Crippen molar-refractivity contribution in [1.29, 1.82) is 0 Å². The van der Waals surface area contributed by atoms with E-state index in [2.05, 4.69) is 9.64 Å². The molecule has 0 spiro atoms. The molecule has 23 heavy (non-hydrogen) atoms. The van der Waals surface area contributed by atoms with E-state index in [-0.39, 0.29) is 36.9 Å². The van der Waals surface area contributed by atoms with Gasteiger partial charge in [-0.05, 0) is 13.3 Å². The molecule has 0 bridgehead atoms. The number of hydrogen-bond donors (Lipinski definition) is 1. The zero-order chi connectivity index (χ0) is 16.8. The van der Waals surface area contributed by atoms with E-state index in [1.165, 1.54) is 0 Å². The zero-order valence-corrected chi connectivity index (χ0v) is 14.5. The predicted octanol–water partition coefficient (Wildman–Crippen LogP) is 1.50. The SMILES string of the molecule is CC(N)C(C)C(=O)N1CCN(CCCOCC(F)(F)F)CC1.Cl. The Morgan fingerprint density at radius 1 is 1.22 bits per heavy atom.